The molecule has 0 aliphatic heterocycles. The number of nitrogens with one attached hydrogen (secondary N) is 2. The normalized spacial score (nSPS) is 10.4. The lowest BCUT2D eigenvalue weighted by molar-refractivity contribution is 0.594. The van der Waals surface area contributed by atoms with Gasteiger partial charge in [0.05, 0.1) is 5.69 Å². The van der Waals surface area contributed by atoms with Crippen LogP contribution in [-0.2, 0) is 4.57 Å². The fourth-order valence-corrected chi connectivity index (χ4v) is 1.64. The summed E-state index contributed by atoms with van der Waals surface area (Å²) >= 11 is 0. The van der Waals surface area contributed by atoms with Gasteiger partial charge in [-0.1, -0.05) is 22.3 Å². The molecule has 1 unspecified atom stereocenters. The molecule has 13 heavy (non-hydrogen) atoms. The molecule has 0 aromatic heterocycles. The highest BCUT2D eigenvalue weighted by Crippen LogP contribution is 2.21. The van der Waals surface area contributed by atoms with Crippen molar-refractivity contribution in [3.63, 3.8) is 0 Å². The molecule has 0 radical (unpaired) electrons. The van der Waals surface area contributed by atoms with Crippen LogP contribution in [0.3, 0.4) is 0 Å². The van der Waals surface area contributed by atoms with E-state index in [-0.39, 0.29) is 0 Å². The van der Waals surface area contributed by atoms with Crippen LogP contribution in [-0.4, -0.2) is 0 Å². The van der Waals surface area contributed by atoms with E-state index in [0.717, 1.165) is 16.8 Å². The van der Waals surface area contributed by atoms with Gasteiger partial charge in [-0.15, -0.1) is 0 Å². The van der Waals surface area contributed by atoms with Crippen LogP contribution < -0.4 is 10.6 Å². The van der Waals surface area contributed by atoms with Gasteiger partial charge >= 0.3 is 8.61 Å². The highest BCUT2D eigenvalue weighted by molar-refractivity contribution is 7.21. The molecule has 0 bridgehead atoms. The van der Waals surface area contributed by atoms with Crippen molar-refractivity contribution in [2.24, 2.45) is 0 Å². The quantitative estimate of drug-likeness (QED) is 0.577. The summed E-state index contributed by atoms with van der Waals surface area (Å²) in [5.41, 5.74) is 7.47. The Balaban J connectivity index is 2.98. The molecular weight excluding hydrogens is 183 g/mol. The first-order chi connectivity index (χ1) is 6.15. The van der Waals surface area contributed by atoms with Crippen LogP contribution in [0.2, 0.25) is 0 Å². The van der Waals surface area contributed by atoms with Gasteiger partial charge in [-0.05, 0) is 37.1 Å². The Bertz CT molecular complexity index is 302. The van der Waals surface area contributed by atoms with Crippen molar-refractivity contribution in [1.82, 2.24) is 5.20 Å². The van der Waals surface area contributed by atoms with Gasteiger partial charge in [-0.3, -0.25) is 5.43 Å². The molecule has 1 aromatic rings. The van der Waals surface area contributed by atoms with Gasteiger partial charge in [0.25, 0.3) is 0 Å². The minimum atomic E-state index is -0.538. The zero-order valence-corrected chi connectivity index (χ0v) is 9.06. The number of rotatable bonds is 3. The number of anilines is 1. The summed E-state index contributed by atoms with van der Waals surface area (Å²) in [6.07, 6.45) is 0. The van der Waals surface area contributed by atoms with Gasteiger partial charge in [0, 0.05) is 0 Å². The highest BCUT2D eigenvalue weighted by Gasteiger charge is 2.03. The van der Waals surface area contributed by atoms with Crippen molar-refractivity contribution in [2.45, 2.75) is 20.8 Å². The molecule has 1 aromatic carbocycles. The third-order valence-electron chi connectivity index (χ3n) is 1.92. The smallest absolute Gasteiger partial charge is 0.282 e. The van der Waals surface area contributed by atoms with Crippen LogP contribution in [0.15, 0.2) is 12.1 Å². The number of hydrazine groups is 1. The summed E-state index contributed by atoms with van der Waals surface area (Å²) in [4.78, 5) is 0. The second-order valence-corrected chi connectivity index (χ2v) is 3.58. The molecule has 0 spiro atoms. The third-order valence-corrected chi connectivity index (χ3v) is 2.14. The molecule has 4 heteroatoms. The van der Waals surface area contributed by atoms with Gasteiger partial charge in [0.2, 0.25) is 0 Å². The monoisotopic (exact) mass is 197 g/mol. The Morgan fingerprint density at radius 1 is 1.15 bits per heavy atom. The molecule has 0 aliphatic rings. The lowest BCUT2D eigenvalue weighted by Gasteiger charge is -2.09. The summed E-state index contributed by atoms with van der Waals surface area (Å²) in [5.74, 6) is 0. The van der Waals surface area contributed by atoms with Crippen molar-refractivity contribution < 1.29 is 4.57 Å². The summed E-state index contributed by atoms with van der Waals surface area (Å²) in [6, 6.07) is 4.18. The molecule has 0 fully saturated rings. The Labute approximate surface area is 79.8 Å². The van der Waals surface area contributed by atoms with Gasteiger partial charge in [-0.25, -0.2) is 0 Å². The minimum absolute atomic E-state index is 0.538. The average molecular weight is 197 g/mol. The summed E-state index contributed by atoms with van der Waals surface area (Å²) in [5, 5.41) is 2.59. The second-order valence-electron chi connectivity index (χ2n) is 3.13. The third kappa shape index (κ3) is 2.51. The van der Waals surface area contributed by atoms with Gasteiger partial charge in [0.15, 0.2) is 0 Å². The first kappa shape index (κ1) is 10.2. The molecule has 3 nitrogen and oxygen atoms in total. The Kier molecular flexibility index (Phi) is 3.40. The number of hydrogen-bond acceptors (Lipinski definition) is 2. The molecule has 2 N–H and O–H groups in total. The lowest BCUT2D eigenvalue weighted by Crippen LogP contribution is -2.11. The molecule has 0 saturated heterocycles. The summed E-state index contributed by atoms with van der Waals surface area (Å²) in [6.45, 7) is 6.11. The van der Waals surface area contributed by atoms with Gasteiger partial charge < -0.3 is 0 Å². The predicted molar refractivity (Wildman–Crippen MR) is 56.4 cm³/mol. The molecule has 0 heterocycles. The predicted octanol–water partition coefficient (Wildman–Crippen LogP) is 2.47. The van der Waals surface area contributed by atoms with Crippen molar-refractivity contribution in [1.29, 1.82) is 0 Å². The van der Waals surface area contributed by atoms with E-state index in [1.165, 1.54) is 5.56 Å². The van der Waals surface area contributed by atoms with Crippen LogP contribution in [0.5, 0.6) is 0 Å². The maximum Gasteiger partial charge on any atom is 0.437 e. The van der Waals surface area contributed by atoms with E-state index in [2.05, 4.69) is 29.7 Å². The van der Waals surface area contributed by atoms with E-state index in [9.17, 15) is 4.57 Å². The molecule has 0 aliphatic carbocycles. The van der Waals surface area contributed by atoms with Gasteiger partial charge in [0.1, 0.15) is 0 Å². The van der Waals surface area contributed by atoms with Crippen molar-refractivity contribution in [3.8, 4) is 0 Å². The van der Waals surface area contributed by atoms with Crippen molar-refractivity contribution >= 4 is 14.3 Å². The molecule has 0 saturated carbocycles. The topological polar surface area (TPSA) is 41.1 Å². The van der Waals surface area contributed by atoms with E-state index in [1.807, 2.05) is 13.8 Å². The molecule has 1 atom stereocenters. The van der Waals surface area contributed by atoms with E-state index in [0.29, 0.717) is 0 Å². The maximum absolute atomic E-state index is 10.2. The maximum atomic E-state index is 10.2. The molecular formula is C9H14N2OP+. The second kappa shape index (κ2) is 4.35. The Morgan fingerprint density at radius 3 is 2.15 bits per heavy atom. The standard InChI is InChI=1S/C9H13N2OP/c1-6-4-7(2)9(8(3)5-6)10-11-13-12/h4-5,10H,1-3H3,(H,11,12)/p+1. The van der Waals surface area contributed by atoms with E-state index >= 15 is 0 Å². The fourth-order valence-electron chi connectivity index (χ4n) is 1.47. The van der Waals surface area contributed by atoms with Crippen LogP contribution in [0.25, 0.3) is 0 Å². The zero-order chi connectivity index (χ0) is 9.84. The molecule has 0 amide bonds. The number of aryl methyl sites for hydroxylation is 3. The fraction of sp³-hybridized carbons (Fsp3) is 0.333. The minimum Gasteiger partial charge on any atom is -0.282 e. The summed E-state index contributed by atoms with van der Waals surface area (Å²) < 4.78 is 10.2. The highest BCUT2D eigenvalue weighted by atomic mass is 31.1. The first-order valence-electron chi connectivity index (χ1n) is 4.11. The van der Waals surface area contributed by atoms with Crippen LogP contribution >= 0.6 is 8.61 Å². The zero-order valence-electron chi connectivity index (χ0n) is 8.06. The lowest BCUT2D eigenvalue weighted by atomic mass is 10.1. The van der Waals surface area contributed by atoms with Crippen LogP contribution in [0, 0.1) is 20.8 Å². The SMILES string of the molecule is Cc1cc(C)c(NN[PH+]=O)c(C)c1. The Morgan fingerprint density at radius 2 is 1.69 bits per heavy atom. The average Bonchev–Trinajstić information content (AvgIpc) is 2.02. The molecule has 70 valence electrons. The van der Waals surface area contributed by atoms with E-state index in [4.69, 9.17) is 0 Å². The van der Waals surface area contributed by atoms with E-state index in [1.54, 1.807) is 0 Å². The number of hydrogen-bond donors (Lipinski definition) is 2. The van der Waals surface area contributed by atoms with Crippen LogP contribution in [0.1, 0.15) is 16.7 Å². The van der Waals surface area contributed by atoms with Crippen molar-refractivity contribution in [3.05, 3.63) is 28.8 Å². The van der Waals surface area contributed by atoms with Crippen molar-refractivity contribution in [2.75, 3.05) is 5.43 Å². The molecule has 1 rings (SSSR count). The number of benzene rings is 1. The van der Waals surface area contributed by atoms with Gasteiger partial charge in [-0.2, -0.15) is 0 Å². The Hall–Kier alpha value is -0.920. The summed E-state index contributed by atoms with van der Waals surface area (Å²) in [7, 11) is -0.538. The van der Waals surface area contributed by atoms with Crippen LogP contribution in [0.4, 0.5) is 5.69 Å². The first-order valence-corrected chi connectivity index (χ1v) is 5.02. The largest absolute Gasteiger partial charge is 0.437 e. The van der Waals surface area contributed by atoms with E-state index < -0.39 is 8.61 Å².